The SMILES string of the molecule is CNc1c(C)c(C)nc2c(C(C)(C)C)cccc12. The van der Waals surface area contributed by atoms with E-state index in [9.17, 15) is 0 Å². The van der Waals surface area contributed by atoms with Crippen molar-refractivity contribution < 1.29 is 0 Å². The Hall–Kier alpha value is -1.57. The van der Waals surface area contributed by atoms with Crippen molar-refractivity contribution >= 4 is 16.6 Å². The highest BCUT2D eigenvalue weighted by Gasteiger charge is 2.19. The zero-order valence-corrected chi connectivity index (χ0v) is 12.2. The molecule has 0 amide bonds. The molecule has 2 aromatic rings. The van der Waals surface area contributed by atoms with Gasteiger partial charge in [-0.1, -0.05) is 39.0 Å². The number of nitrogens with zero attached hydrogens (tertiary/aromatic N) is 1. The molecule has 0 aliphatic rings. The third-order valence-corrected chi connectivity index (χ3v) is 3.56. The molecule has 1 N–H and O–H groups in total. The minimum Gasteiger partial charge on any atom is -0.387 e. The number of benzene rings is 1. The van der Waals surface area contributed by atoms with Gasteiger partial charge in [-0.15, -0.1) is 0 Å². The minimum atomic E-state index is 0.110. The highest BCUT2D eigenvalue weighted by atomic mass is 14.8. The van der Waals surface area contributed by atoms with E-state index in [1.807, 2.05) is 7.05 Å². The number of para-hydroxylation sites is 1. The van der Waals surface area contributed by atoms with Gasteiger partial charge in [-0.2, -0.15) is 0 Å². The van der Waals surface area contributed by atoms with Gasteiger partial charge in [0.05, 0.1) is 5.52 Å². The predicted octanol–water partition coefficient (Wildman–Crippen LogP) is 4.19. The van der Waals surface area contributed by atoms with Crippen molar-refractivity contribution in [3.8, 4) is 0 Å². The van der Waals surface area contributed by atoms with E-state index in [4.69, 9.17) is 4.98 Å². The summed E-state index contributed by atoms with van der Waals surface area (Å²) in [6, 6.07) is 6.46. The number of fused-ring (bicyclic) bond motifs is 1. The van der Waals surface area contributed by atoms with Crippen LogP contribution in [0.25, 0.3) is 10.9 Å². The van der Waals surface area contributed by atoms with Gasteiger partial charge >= 0.3 is 0 Å². The van der Waals surface area contributed by atoms with E-state index in [1.54, 1.807) is 0 Å². The summed E-state index contributed by atoms with van der Waals surface area (Å²) in [5, 5.41) is 4.53. The van der Waals surface area contributed by atoms with Gasteiger partial charge in [-0.05, 0) is 30.4 Å². The Morgan fingerprint density at radius 2 is 1.78 bits per heavy atom. The molecule has 1 aromatic carbocycles. The maximum Gasteiger partial charge on any atom is 0.0763 e. The summed E-state index contributed by atoms with van der Waals surface area (Å²) >= 11 is 0. The molecule has 0 radical (unpaired) electrons. The molecule has 0 bridgehead atoms. The van der Waals surface area contributed by atoms with E-state index in [-0.39, 0.29) is 5.41 Å². The molecule has 2 heteroatoms. The van der Waals surface area contributed by atoms with Crippen LogP contribution in [0.2, 0.25) is 0 Å². The molecule has 0 aliphatic carbocycles. The largest absolute Gasteiger partial charge is 0.387 e. The first-order chi connectivity index (χ1) is 8.36. The van der Waals surface area contributed by atoms with Crippen LogP contribution in [0.5, 0.6) is 0 Å². The van der Waals surface area contributed by atoms with E-state index >= 15 is 0 Å². The summed E-state index contributed by atoms with van der Waals surface area (Å²) in [5.41, 5.74) is 6.07. The topological polar surface area (TPSA) is 24.9 Å². The number of hydrogen-bond donors (Lipinski definition) is 1. The molecule has 0 aliphatic heterocycles. The van der Waals surface area contributed by atoms with Gasteiger partial charge in [-0.3, -0.25) is 4.98 Å². The number of nitrogens with one attached hydrogen (secondary N) is 1. The summed E-state index contributed by atoms with van der Waals surface area (Å²) in [6.07, 6.45) is 0. The Kier molecular flexibility index (Phi) is 3.05. The van der Waals surface area contributed by atoms with Gasteiger partial charge in [0.15, 0.2) is 0 Å². The van der Waals surface area contributed by atoms with Crippen LogP contribution in [0.15, 0.2) is 18.2 Å². The summed E-state index contributed by atoms with van der Waals surface area (Å²) in [6.45, 7) is 10.9. The van der Waals surface area contributed by atoms with Crippen molar-refractivity contribution in [2.24, 2.45) is 0 Å². The zero-order valence-electron chi connectivity index (χ0n) is 12.2. The van der Waals surface area contributed by atoms with Gasteiger partial charge in [0, 0.05) is 23.8 Å². The van der Waals surface area contributed by atoms with Crippen molar-refractivity contribution in [2.75, 3.05) is 12.4 Å². The van der Waals surface area contributed by atoms with Gasteiger partial charge in [0.25, 0.3) is 0 Å². The fraction of sp³-hybridized carbons (Fsp3) is 0.438. The lowest BCUT2D eigenvalue weighted by Crippen LogP contribution is -2.13. The van der Waals surface area contributed by atoms with E-state index in [0.717, 1.165) is 11.2 Å². The van der Waals surface area contributed by atoms with Crippen molar-refractivity contribution in [3.05, 3.63) is 35.0 Å². The van der Waals surface area contributed by atoms with Gasteiger partial charge in [0.2, 0.25) is 0 Å². The standard InChI is InChI=1S/C16H22N2/c1-10-11(2)18-15-12(14(10)17-6)8-7-9-13(15)16(3,4)5/h7-9H,1-6H3,(H,17,18). The smallest absolute Gasteiger partial charge is 0.0763 e. The second-order valence-corrected chi connectivity index (χ2v) is 5.90. The van der Waals surface area contributed by atoms with Gasteiger partial charge < -0.3 is 5.32 Å². The quantitative estimate of drug-likeness (QED) is 0.811. The monoisotopic (exact) mass is 242 g/mol. The Morgan fingerprint density at radius 1 is 1.11 bits per heavy atom. The maximum atomic E-state index is 4.81. The second-order valence-electron chi connectivity index (χ2n) is 5.90. The Bertz CT molecular complexity index is 592. The third-order valence-electron chi connectivity index (χ3n) is 3.56. The molecule has 96 valence electrons. The highest BCUT2D eigenvalue weighted by molar-refractivity contribution is 5.95. The number of aryl methyl sites for hydroxylation is 1. The van der Waals surface area contributed by atoms with Crippen LogP contribution in [-0.4, -0.2) is 12.0 Å². The number of pyridine rings is 1. The van der Waals surface area contributed by atoms with E-state index in [1.165, 1.54) is 22.2 Å². The molecule has 0 saturated heterocycles. The molecule has 18 heavy (non-hydrogen) atoms. The van der Waals surface area contributed by atoms with Crippen LogP contribution in [-0.2, 0) is 5.41 Å². The summed E-state index contributed by atoms with van der Waals surface area (Å²) in [5.74, 6) is 0. The Morgan fingerprint density at radius 3 is 2.33 bits per heavy atom. The molecule has 0 saturated carbocycles. The van der Waals surface area contributed by atoms with Crippen LogP contribution in [0, 0.1) is 13.8 Å². The van der Waals surface area contributed by atoms with Gasteiger partial charge in [0.1, 0.15) is 0 Å². The fourth-order valence-electron chi connectivity index (χ4n) is 2.43. The second kappa shape index (κ2) is 4.27. The molecule has 2 nitrogen and oxygen atoms in total. The molecular formula is C16H22N2. The lowest BCUT2D eigenvalue weighted by molar-refractivity contribution is 0.594. The minimum absolute atomic E-state index is 0.110. The van der Waals surface area contributed by atoms with Crippen LogP contribution >= 0.6 is 0 Å². The maximum absolute atomic E-state index is 4.81. The normalized spacial score (nSPS) is 11.9. The third kappa shape index (κ3) is 1.96. The van der Waals surface area contributed by atoms with Gasteiger partial charge in [-0.25, -0.2) is 0 Å². The molecule has 0 spiro atoms. The fourth-order valence-corrected chi connectivity index (χ4v) is 2.43. The van der Waals surface area contributed by atoms with E-state index in [2.05, 4.69) is 58.1 Å². The van der Waals surface area contributed by atoms with Crippen molar-refractivity contribution in [2.45, 2.75) is 40.0 Å². The number of aromatic nitrogens is 1. The zero-order chi connectivity index (χ0) is 13.5. The van der Waals surface area contributed by atoms with Crippen LogP contribution in [0.4, 0.5) is 5.69 Å². The summed E-state index contributed by atoms with van der Waals surface area (Å²) < 4.78 is 0. The number of hydrogen-bond acceptors (Lipinski definition) is 2. The van der Waals surface area contributed by atoms with E-state index in [0.29, 0.717) is 0 Å². The average molecular weight is 242 g/mol. The number of rotatable bonds is 1. The van der Waals surface area contributed by atoms with Crippen LogP contribution in [0.1, 0.15) is 37.6 Å². The Balaban J connectivity index is 2.91. The first kappa shape index (κ1) is 12.9. The summed E-state index contributed by atoms with van der Waals surface area (Å²) in [4.78, 5) is 4.81. The van der Waals surface area contributed by atoms with Crippen molar-refractivity contribution in [3.63, 3.8) is 0 Å². The van der Waals surface area contributed by atoms with Crippen molar-refractivity contribution in [1.29, 1.82) is 0 Å². The van der Waals surface area contributed by atoms with Crippen LogP contribution < -0.4 is 5.32 Å². The first-order valence-corrected chi connectivity index (χ1v) is 6.44. The number of anilines is 1. The lowest BCUT2D eigenvalue weighted by Gasteiger charge is -2.22. The molecule has 1 heterocycles. The lowest BCUT2D eigenvalue weighted by atomic mass is 9.85. The molecule has 1 aromatic heterocycles. The van der Waals surface area contributed by atoms with E-state index < -0.39 is 0 Å². The molecule has 2 rings (SSSR count). The van der Waals surface area contributed by atoms with Crippen LogP contribution in [0.3, 0.4) is 0 Å². The molecule has 0 unspecified atom stereocenters. The molecule has 0 fully saturated rings. The highest BCUT2D eigenvalue weighted by Crippen LogP contribution is 2.34. The average Bonchev–Trinajstić information content (AvgIpc) is 2.29. The first-order valence-electron chi connectivity index (χ1n) is 6.44. The molecule has 0 atom stereocenters. The predicted molar refractivity (Wildman–Crippen MR) is 79.5 cm³/mol. The summed E-state index contributed by atoms with van der Waals surface area (Å²) in [7, 11) is 1.98. The van der Waals surface area contributed by atoms with Crippen molar-refractivity contribution in [1.82, 2.24) is 4.98 Å². The molecular weight excluding hydrogens is 220 g/mol. The Labute approximate surface area is 109 Å².